The molecule has 2 N–H and O–H groups in total. The maximum atomic E-state index is 13.0. The Kier molecular flexibility index (Phi) is 2.86. The highest BCUT2D eigenvalue weighted by atomic mass is 19.1. The summed E-state index contributed by atoms with van der Waals surface area (Å²) >= 11 is 0. The fraction of sp³-hybridized carbons (Fsp3) is 0.100. The predicted octanol–water partition coefficient (Wildman–Crippen LogP) is 1.33. The van der Waals surface area contributed by atoms with E-state index in [2.05, 4.69) is 6.58 Å². The zero-order chi connectivity index (χ0) is 10.7. The van der Waals surface area contributed by atoms with Crippen LogP contribution in [0.1, 0.15) is 5.56 Å². The molecule has 0 radical (unpaired) electrons. The van der Waals surface area contributed by atoms with E-state index in [4.69, 9.17) is 10.5 Å². The van der Waals surface area contributed by atoms with Crippen molar-refractivity contribution in [3.63, 3.8) is 0 Å². The van der Waals surface area contributed by atoms with E-state index in [1.807, 2.05) is 0 Å². The van der Waals surface area contributed by atoms with Gasteiger partial charge in [-0.3, -0.25) is 4.79 Å². The molecule has 74 valence electrons. The van der Waals surface area contributed by atoms with Gasteiger partial charge in [0.1, 0.15) is 0 Å². The van der Waals surface area contributed by atoms with Crippen molar-refractivity contribution in [1.82, 2.24) is 0 Å². The number of carbonyl (C=O) groups excluding carboxylic acids is 1. The van der Waals surface area contributed by atoms with Crippen LogP contribution in [0.3, 0.4) is 0 Å². The van der Waals surface area contributed by atoms with Crippen molar-refractivity contribution in [1.29, 1.82) is 0 Å². The fourth-order valence-corrected chi connectivity index (χ4v) is 0.990. The van der Waals surface area contributed by atoms with Crippen LogP contribution in [0.15, 0.2) is 24.8 Å². The smallest absolute Gasteiger partial charge is 0.248 e. The molecule has 4 heteroatoms. The van der Waals surface area contributed by atoms with E-state index >= 15 is 0 Å². The summed E-state index contributed by atoms with van der Waals surface area (Å²) in [6, 6.07) is 4.00. The highest BCUT2D eigenvalue weighted by Gasteiger charge is 2.08. The Bertz CT molecular complexity index is 388. The van der Waals surface area contributed by atoms with E-state index in [0.29, 0.717) is 5.56 Å². The monoisotopic (exact) mass is 195 g/mol. The number of methoxy groups -OCH3 is 1. The lowest BCUT2D eigenvalue weighted by Gasteiger charge is -2.05. The van der Waals surface area contributed by atoms with Crippen LogP contribution in [-0.4, -0.2) is 13.0 Å². The van der Waals surface area contributed by atoms with E-state index < -0.39 is 11.7 Å². The molecule has 0 saturated carbocycles. The molecule has 0 aromatic heterocycles. The zero-order valence-electron chi connectivity index (χ0n) is 7.71. The average Bonchev–Trinajstić information content (AvgIpc) is 2.17. The number of halogens is 1. The number of ether oxygens (including phenoxy) is 1. The van der Waals surface area contributed by atoms with Crippen LogP contribution in [0.25, 0.3) is 5.57 Å². The summed E-state index contributed by atoms with van der Waals surface area (Å²) in [4.78, 5) is 10.8. The Morgan fingerprint density at radius 1 is 1.57 bits per heavy atom. The number of carbonyl (C=O) groups is 1. The number of primary amides is 1. The molecule has 3 nitrogen and oxygen atoms in total. The van der Waals surface area contributed by atoms with Crippen LogP contribution < -0.4 is 10.5 Å². The molecular weight excluding hydrogens is 185 g/mol. The number of hydrogen-bond donors (Lipinski definition) is 1. The summed E-state index contributed by atoms with van der Waals surface area (Å²) in [5, 5.41) is 0. The molecule has 1 rings (SSSR count). The third-order valence-electron chi connectivity index (χ3n) is 1.80. The van der Waals surface area contributed by atoms with Crippen molar-refractivity contribution in [2.24, 2.45) is 5.73 Å². The fourth-order valence-electron chi connectivity index (χ4n) is 0.990. The first-order valence-corrected chi connectivity index (χ1v) is 3.89. The van der Waals surface area contributed by atoms with Crippen molar-refractivity contribution < 1.29 is 13.9 Å². The van der Waals surface area contributed by atoms with Gasteiger partial charge in [0.25, 0.3) is 0 Å². The normalized spacial score (nSPS) is 9.57. The van der Waals surface area contributed by atoms with Gasteiger partial charge in [0.15, 0.2) is 11.6 Å². The van der Waals surface area contributed by atoms with Gasteiger partial charge in [-0.25, -0.2) is 4.39 Å². The van der Waals surface area contributed by atoms with Crippen molar-refractivity contribution in [2.45, 2.75) is 0 Å². The lowest BCUT2D eigenvalue weighted by atomic mass is 10.1. The second-order valence-electron chi connectivity index (χ2n) is 2.69. The van der Waals surface area contributed by atoms with Gasteiger partial charge in [-0.05, 0) is 17.7 Å². The summed E-state index contributed by atoms with van der Waals surface area (Å²) in [6.07, 6.45) is 0. The topological polar surface area (TPSA) is 52.3 Å². The van der Waals surface area contributed by atoms with Crippen LogP contribution in [0.4, 0.5) is 4.39 Å². The first kappa shape index (κ1) is 10.2. The molecule has 1 aromatic rings. The highest BCUT2D eigenvalue weighted by molar-refractivity contribution is 6.17. The maximum absolute atomic E-state index is 13.0. The van der Waals surface area contributed by atoms with Crippen LogP contribution in [0.2, 0.25) is 0 Å². The van der Waals surface area contributed by atoms with Gasteiger partial charge in [-0.15, -0.1) is 0 Å². The van der Waals surface area contributed by atoms with Gasteiger partial charge >= 0.3 is 0 Å². The van der Waals surface area contributed by atoms with Gasteiger partial charge in [-0.2, -0.15) is 0 Å². The van der Waals surface area contributed by atoms with Crippen LogP contribution in [0, 0.1) is 5.82 Å². The van der Waals surface area contributed by atoms with Crippen molar-refractivity contribution in [3.8, 4) is 5.75 Å². The number of nitrogens with two attached hydrogens (primary N) is 1. The Balaban J connectivity index is 3.12. The Morgan fingerprint density at radius 3 is 2.71 bits per heavy atom. The minimum absolute atomic E-state index is 0.0601. The van der Waals surface area contributed by atoms with E-state index in [-0.39, 0.29) is 11.3 Å². The summed E-state index contributed by atoms with van der Waals surface area (Å²) in [7, 11) is 1.34. The zero-order valence-corrected chi connectivity index (χ0v) is 7.71. The molecule has 0 heterocycles. The summed E-state index contributed by atoms with van der Waals surface area (Å²) in [5.41, 5.74) is 5.61. The molecule has 0 fully saturated rings. The van der Waals surface area contributed by atoms with Gasteiger partial charge in [0, 0.05) is 5.57 Å². The largest absolute Gasteiger partial charge is 0.494 e. The van der Waals surface area contributed by atoms with Crippen LogP contribution >= 0.6 is 0 Å². The first-order valence-electron chi connectivity index (χ1n) is 3.89. The lowest BCUT2D eigenvalue weighted by molar-refractivity contribution is -0.112. The van der Waals surface area contributed by atoms with Crippen LogP contribution in [0.5, 0.6) is 5.75 Å². The van der Waals surface area contributed by atoms with Gasteiger partial charge < -0.3 is 10.5 Å². The summed E-state index contributed by atoms with van der Waals surface area (Å²) in [6.45, 7) is 3.48. The minimum atomic E-state index is -0.640. The molecule has 1 amide bonds. The molecule has 14 heavy (non-hydrogen) atoms. The standard InChI is InChI=1S/C10H10FNO2/c1-6(10(12)13)7-3-4-8(11)9(5-7)14-2/h3-5H,1H2,2H3,(H2,12,13). The Labute approximate surface area is 81.0 Å². The molecule has 0 aliphatic carbocycles. The molecule has 0 atom stereocenters. The van der Waals surface area contributed by atoms with E-state index in [0.717, 1.165) is 0 Å². The Hall–Kier alpha value is -1.84. The minimum Gasteiger partial charge on any atom is -0.494 e. The number of benzene rings is 1. The van der Waals surface area contributed by atoms with Gasteiger partial charge in [0.05, 0.1) is 7.11 Å². The van der Waals surface area contributed by atoms with Gasteiger partial charge in [0.2, 0.25) is 5.91 Å². The quantitative estimate of drug-likeness (QED) is 0.740. The van der Waals surface area contributed by atoms with E-state index in [1.165, 1.54) is 25.3 Å². The van der Waals surface area contributed by atoms with Gasteiger partial charge in [-0.1, -0.05) is 12.6 Å². The van der Waals surface area contributed by atoms with Crippen molar-refractivity contribution in [2.75, 3.05) is 7.11 Å². The maximum Gasteiger partial charge on any atom is 0.248 e. The summed E-state index contributed by atoms with van der Waals surface area (Å²) < 4.78 is 17.7. The molecule has 0 aliphatic heterocycles. The van der Waals surface area contributed by atoms with Crippen LogP contribution in [-0.2, 0) is 4.79 Å². The molecular formula is C10H10FNO2. The molecule has 0 spiro atoms. The van der Waals surface area contributed by atoms with Crippen molar-refractivity contribution in [3.05, 3.63) is 36.2 Å². The summed E-state index contributed by atoms with van der Waals surface area (Å²) in [5.74, 6) is -1.07. The number of amides is 1. The number of rotatable bonds is 3. The second-order valence-corrected chi connectivity index (χ2v) is 2.69. The Morgan fingerprint density at radius 2 is 2.21 bits per heavy atom. The third-order valence-corrected chi connectivity index (χ3v) is 1.80. The molecule has 0 saturated heterocycles. The lowest BCUT2D eigenvalue weighted by Crippen LogP contribution is -2.12. The van der Waals surface area contributed by atoms with E-state index in [1.54, 1.807) is 0 Å². The SMILES string of the molecule is C=C(C(N)=O)c1ccc(F)c(OC)c1. The number of hydrogen-bond acceptors (Lipinski definition) is 2. The average molecular weight is 195 g/mol. The first-order chi connectivity index (χ1) is 6.56. The van der Waals surface area contributed by atoms with E-state index in [9.17, 15) is 9.18 Å². The molecule has 1 aromatic carbocycles. The molecule has 0 aliphatic rings. The third kappa shape index (κ3) is 1.90. The highest BCUT2D eigenvalue weighted by Crippen LogP contribution is 2.22. The molecule has 0 bridgehead atoms. The predicted molar refractivity (Wildman–Crippen MR) is 51.2 cm³/mol. The second kappa shape index (κ2) is 3.91. The molecule has 0 unspecified atom stereocenters. The van der Waals surface area contributed by atoms with Crippen molar-refractivity contribution >= 4 is 11.5 Å².